The van der Waals surface area contributed by atoms with Crippen molar-refractivity contribution < 1.29 is 24.5 Å². The van der Waals surface area contributed by atoms with Crippen LogP contribution in [0.25, 0.3) is 6.08 Å². The van der Waals surface area contributed by atoms with E-state index in [-0.39, 0.29) is 16.9 Å². The van der Waals surface area contributed by atoms with Crippen LogP contribution in [0.3, 0.4) is 0 Å². The highest BCUT2D eigenvalue weighted by Gasteiger charge is 2.13. The van der Waals surface area contributed by atoms with E-state index in [4.69, 9.17) is 9.84 Å². The molecule has 3 aromatic rings. The molecule has 0 aromatic heterocycles. The molecule has 0 saturated heterocycles. The second kappa shape index (κ2) is 8.68. The number of carboxylic acid groups (broad SMARTS) is 1. The minimum atomic E-state index is -1.17. The predicted octanol–water partition coefficient (Wildman–Crippen LogP) is 4.57. The minimum Gasteiger partial charge on any atom is -0.507 e. The topological polar surface area (TPSA) is 83.8 Å². The van der Waals surface area contributed by atoms with E-state index < -0.39 is 11.8 Å². The summed E-state index contributed by atoms with van der Waals surface area (Å²) in [5.41, 5.74) is 1.58. The molecule has 0 saturated carbocycles. The first-order valence-corrected chi connectivity index (χ1v) is 8.59. The number of allylic oxidation sites excluding steroid dienone is 1. The molecule has 3 rings (SSSR count). The number of carboxylic acids is 1. The first kappa shape index (κ1) is 18.9. The average molecular weight is 374 g/mol. The third-order valence-corrected chi connectivity index (χ3v) is 4.08. The first-order chi connectivity index (χ1) is 13.5. The molecule has 0 heterocycles. The van der Waals surface area contributed by atoms with Crippen molar-refractivity contribution in [3.05, 3.63) is 101 Å². The molecule has 0 aliphatic carbocycles. The molecule has 0 amide bonds. The molecule has 0 aliphatic rings. The molecule has 5 heteroatoms. The quantitative estimate of drug-likeness (QED) is 0.468. The molecule has 2 N–H and O–H groups in total. The Labute approximate surface area is 162 Å². The molecule has 0 aliphatic heterocycles. The molecule has 0 atom stereocenters. The van der Waals surface area contributed by atoms with Gasteiger partial charge in [-0.25, -0.2) is 4.79 Å². The Morgan fingerprint density at radius 2 is 1.64 bits per heavy atom. The lowest BCUT2D eigenvalue weighted by atomic mass is 10.0. The molecule has 140 valence electrons. The summed E-state index contributed by atoms with van der Waals surface area (Å²) in [6.45, 7) is 0.390. The summed E-state index contributed by atoms with van der Waals surface area (Å²) < 4.78 is 5.85. The number of rotatable bonds is 7. The maximum absolute atomic E-state index is 12.4. The molecule has 5 nitrogen and oxygen atoms in total. The smallest absolute Gasteiger partial charge is 0.335 e. The van der Waals surface area contributed by atoms with Crippen LogP contribution in [0.5, 0.6) is 11.5 Å². The Hall–Kier alpha value is -3.86. The fourth-order valence-electron chi connectivity index (χ4n) is 2.61. The van der Waals surface area contributed by atoms with Crippen LogP contribution in [0.1, 0.15) is 31.8 Å². The second-order valence-corrected chi connectivity index (χ2v) is 6.05. The van der Waals surface area contributed by atoms with Crippen LogP contribution < -0.4 is 4.74 Å². The number of carbonyl (C=O) groups is 2. The van der Waals surface area contributed by atoms with Crippen LogP contribution in [0.2, 0.25) is 0 Å². The van der Waals surface area contributed by atoms with Gasteiger partial charge in [0.05, 0.1) is 11.1 Å². The van der Waals surface area contributed by atoms with Crippen LogP contribution >= 0.6 is 0 Å². The van der Waals surface area contributed by atoms with Crippen molar-refractivity contribution in [1.29, 1.82) is 0 Å². The van der Waals surface area contributed by atoms with Gasteiger partial charge < -0.3 is 14.9 Å². The Bertz CT molecular complexity index is 1020. The number of phenols is 1. The molecule has 3 aromatic carbocycles. The average Bonchev–Trinajstić information content (AvgIpc) is 2.72. The van der Waals surface area contributed by atoms with Crippen molar-refractivity contribution in [2.24, 2.45) is 0 Å². The van der Waals surface area contributed by atoms with Gasteiger partial charge in [-0.2, -0.15) is 0 Å². The van der Waals surface area contributed by atoms with Gasteiger partial charge in [-0.1, -0.05) is 48.5 Å². The normalized spacial score (nSPS) is 10.7. The highest BCUT2D eigenvalue weighted by molar-refractivity contribution is 6.09. The van der Waals surface area contributed by atoms with Crippen molar-refractivity contribution in [1.82, 2.24) is 0 Å². The lowest BCUT2D eigenvalue weighted by Gasteiger charge is -2.09. The fraction of sp³-hybridized carbons (Fsp3) is 0.0435. The van der Waals surface area contributed by atoms with Gasteiger partial charge in [0.1, 0.15) is 18.1 Å². The van der Waals surface area contributed by atoms with Crippen molar-refractivity contribution >= 4 is 17.8 Å². The number of hydrogen-bond acceptors (Lipinski definition) is 4. The standard InChI is InChI=1S/C23H18O5/c24-20(19-14-18(23(26)27)11-13-21(19)25)12-10-17-8-4-5-9-22(17)28-15-16-6-2-1-3-7-16/h1-14,25H,15H2,(H,26,27). The van der Waals surface area contributed by atoms with E-state index in [0.717, 1.165) is 11.6 Å². The Balaban J connectivity index is 1.78. The third-order valence-electron chi connectivity index (χ3n) is 4.08. The molecule has 0 fully saturated rings. The largest absolute Gasteiger partial charge is 0.507 e. The van der Waals surface area contributed by atoms with Crippen LogP contribution in [-0.2, 0) is 6.61 Å². The van der Waals surface area contributed by atoms with Crippen LogP contribution in [0, 0.1) is 0 Å². The molecule has 28 heavy (non-hydrogen) atoms. The van der Waals surface area contributed by atoms with Gasteiger partial charge in [-0.15, -0.1) is 0 Å². The molecule has 0 bridgehead atoms. The number of ether oxygens (including phenoxy) is 1. The van der Waals surface area contributed by atoms with Crippen molar-refractivity contribution in [2.75, 3.05) is 0 Å². The van der Waals surface area contributed by atoms with E-state index in [1.807, 2.05) is 42.5 Å². The summed E-state index contributed by atoms with van der Waals surface area (Å²) in [6.07, 6.45) is 2.86. The van der Waals surface area contributed by atoms with E-state index in [0.29, 0.717) is 17.9 Å². The summed E-state index contributed by atoms with van der Waals surface area (Å²) >= 11 is 0. The van der Waals surface area contributed by atoms with Gasteiger partial charge in [-0.3, -0.25) is 4.79 Å². The second-order valence-electron chi connectivity index (χ2n) is 6.05. The summed E-state index contributed by atoms with van der Waals surface area (Å²) in [5, 5.41) is 18.9. The molecule has 0 spiro atoms. The first-order valence-electron chi connectivity index (χ1n) is 8.59. The van der Waals surface area contributed by atoms with Crippen LogP contribution in [-0.4, -0.2) is 22.0 Å². The van der Waals surface area contributed by atoms with Gasteiger partial charge >= 0.3 is 5.97 Å². The van der Waals surface area contributed by atoms with Crippen molar-refractivity contribution in [2.45, 2.75) is 6.61 Å². The lowest BCUT2D eigenvalue weighted by Crippen LogP contribution is -2.01. The van der Waals surface area contributed by atoms with Crippen LogP contribution in [0.4, 0.5) is 0 Å². The zero-order valence-electron chi connectivity index (χ0n) is 14.9. The Morgan fingerprint density at radius 1 is 0.929 bits per heavy atom. The number of hydrogen-bond donors (Lipinski definition) is 2. The van der Waals surface area contributed by atoms with Gasteiger partial charge in [0.25, 0.3) is 0 Å². The van der Waals surface area contributed by atoms with Crippen LogP contribution in [0.15, 0.2) is 78.9 Å². The highest BCUT2D eigenvalue weighted by Crippen LogP contribution is 2.23. The number of para-hydroxylation sites is 1. The number of aromatic carboxylic acids is 1. The number of benzene rings is 3. The molecule has 0 radical (unpaired) electrons. The Kier molecular flexibility index (Phi) is 5.87. The monoisotopic (exact) mass is 374 g/mol. The van der Waals surface area contributed by atoms with Gasteiger partial charge in [0.2, 0.25) is 0 Å². The number of ketones is 1. The number of aromatic hydroxyl groups is 1. The maximum Gasteiger partial charge on any atom is 0.335 e. The van der Waals surface area contributed by atoms with E-state index in [9.17, 15) is 14.7 Å². The summed E-state index contributed by atoms with van der Waals surface area (Å²) in [5.74, 6) is -1.33. The highest BCUT2D eigenvalue weighted by atomic mass is 16.5. The van der Waals surface area contributed by atoms with Crippen molar-refractivity contribution in [3.8, 4) is 11.5 Å². The molecular weight excluding hydrogens is 356 g/mol. The zero-order valence-corrected chi connectivity index (χ0v) is 14.9. The predicted molar refractivity (Wildman–Crippen MR) is 106 cm³/mol. The molecule has 0 unspecified atom stereocenters. The number of carbonyl (C=O) groups excluding carboxylic acids is 1. The third kappa shape index (κ3) is 4.65. The Morgan fingerprint density at radius 3 is 2.39 bits per heavy atom. The van der Waals surface area contributed by atoms with E-state index in [2.05, 4.69) is 0 Å². The van der Waals surface area contributed by atoms with E-state index >= 15 is 0 Å². The maximum atomic E-state index is 12.4. The summed E-state index contributed by atoms with van der Waals surface area (Å²) in [4.78, 5) is 23.5. The van der Waals surface area contributed by atoms with Gasteiger partial charge in [0.15, 0.2) is 5.78 Å². The van der Waals surface area contributed by atoms with Gasteiger partial charge in [-0.05, 0) is 42.0 Å². The summed E-state index contributed by atoms with van der Waals surface area (Å²) in [7, 11) is 0. The lowest BCUT2D eigenvalue weighted by molar-refractivity contribution is 0.0697. The zero-order chi connectivity index (χ0) is 19.9. The number of phenolic OH excluding ortho intramolecular Hbond substituents is 1. The fourth-order valence-corrected chi connectivity index (χ4v) is 2.61. The summed E-state index contributed by atoms with van der Waals surface area (Å²) in [6, 6.07) is 20.6. The minimum absolute atomic E-state index is 0.0684. The SMILES string of the molecule is O=C(O)c1ccc(O)c(C(=O)C=Cc2ccccc2OCc2ccccc2)c1. The van der Waals surface area contributed by atoms with Crippen molar-refractivity contribution in [3.63, 3.8) is 0 Å². The van der Waals surface area contributed by atoms with Gasteiger partial charge in [0, 0.05) is 5.56 Å². The molecular formula is C23H18O5. The van der Waals surface area contributed by atoms with E-state index in [1.165, 1.54) is 18.2 Å². The van der Waals surface area contributed by atoms with E-state index in [1.54, 1.807) is 18.2 Å².